The molecular weight excluding hydrogens is 220 g/mol. The van der Waals surface area contributed by atoms with Gasteiger partial charge in [-0.3, -0.25) is 4.99 Å². The molecule has 0 spiro atoms. The van der Waals surface area contributed by atoms with Crippen molar-refractivity contribution in [2.75, 3.05) is 11.9 Å². The van der Waals surface area contributed by atoms with Crippen molar-refractivity contribution in [3.63, 3.8) is 0 Å². The molecule has 2 nitrogen and oxygen atoms in total. The SMILES string of the molecule is C1=C2C(=NC1)c1ccccc1Nc1ccccc12. The van der Waals surface area contributed by atoms with Gasteiger partial charge in [0, 0.05) is 28.1 Å². The summed E-state index contributed by atoms with van der Waals surface area (Å²) in [5, 5.41) is 3.51. The monoisotopic (exact) mass is 232 g/mol. The van der Waals surface area contributed by atoms with Crippen LogP contribution in [0.3, 0.4) is 0 Å². The number of benzene rings is 2. The molecule has 0 unspecified atom stereocenters. The summed E-state index contributed by atoms with van der Waals surface area (Å²) in [5.74, 6) is 0. The number of hydrogen-bond donors (Lipinski definition) is 1. The fraction of sp³-hybridized carbons (Fsp3) is 0.0625. The zero-order valence-corrected chi connectivity index (χ0v) is 9.85. The molecular formula is C16H12N2. The Hall–Kier alpha value is -2.35. The third-order valence-electron chi connectivity index (χ3n) is 3.47. The van der Waals surface area contributed by atoms with Gasteiger partial charge in [-0.15, -0.1) is 0 Å². The Balaban J connectivity index is 2.05. The van der Waals surface area contributed by atoms with Crippen LogP contribution >= 0.6 is 0 Å². The first-order chi connectivity index (χ1) is 8.93. The second-order valence-electron chi connectivity index (χ2n) is 4.52. The molecule has 1 N–H and O–H groups in total. The van der Waals surface area contributed by atoms with Crippen molar-refractivity contribution in [2.24, 2.45) is 4.99 Å². The fourth-order valence-electron chi connectivity index (χ4n) is 2.65. The smallest absolute Gasteiger partial charge is 0.0747 e. The van der Waals surface area contributed by atoms with E-state index >= 15 is 0 Å². The highest BCUT2D eigenvalue weighted by Gasteiger charge is 2.23. The van der Waals surface area contributed by atoms with Gasteiger partial charge in [0.2, 0.25) is 0 Å². The van der Waals surface area contributed by atoms with Crippen LogP contribution in [-0.4, -0.2) is 12.3 Å². The van der Waals surface area contributed by atoms with Gasteiger partial charge < -0.3 is 5.32 Å². The van der Waals surface area contributed by atoms with E-state index in [-0.39, 0.29) is 0 Å². The highest BCUT2D eigenvalue weighted by atomic mass is 14.9. The molecule has 0 radical (unpaired) electrons. The Bertz CT molecular complexity index is 636. The predicted molar refractivity (Wildman–Crippen MR) is 75.5 cm³/mol. The van der Waals surface area contributed by atoms with Crippen LogP contribution in [0.1, 0.15) is 11.1 Å². The van der Waals surface area contributed by atoms with E-state index in [4.69, 9.17) is 0 Å². The Morgan fingerprint density at radius 1 is 0.833 bits per heavy atom. The molecule has 2 aromatic rings. The number of nitrogens with zero attached hydrogens (tertiary/aromatic N) is 1. The molecule has 0 amide bonds. The Kier molecular flexibility index (Phi) is 1.92. The van der Waals surface area contributed by atoms with Crippen LogP contribution in [0.25, 0.3) is 5.57 Å². The van der Waals surface area contributed by atoms with Crippen LogP contribution in [0.15, 0.2) is 59.6 Å². The van der Waals surface area contributed by atoms with Crippen LogP contribution in [0, 0.1) is 0 Å². The summed E-state index contributed by atoms with van der Waals surface area (Å²) in [6.45, 7) is 0.785. The predicted octanol–water partition coefficient (Wildman–Crippen LogP) is 3.63. The maximum absolute atomic E-state index is 4.64. The maximum atomic E-state index is 4.64. The Morgan fingerprint density at radius 3 is 2.33 bits per heavy atom. The number of nitrogens with one attached hydrogen (secondary N) is 1. The van der Waals surface area contributed by atoms with Crippen molar-refractivity contribution in [3.8, 4) is 0 Å². The number of anilines is 2. The Morgan fingerprint density at radius 2 is 1.50 bits per heavy atom. The van der Waals surface area contributed by atoms with E-state index in [2.05, 4.69) is 64.9 Å². The Labute approximate surface area is 106 Å². The first-order valence-corrected chi connectivity index (χ1v) is 6.14. The quantitative estimate of drug-likeness (QED) is 0.737. The van der Waals surface area contributed by atoms with Crippen molar-refractivity contribution in [1.82, 2.24) is 0 Å². The van der Waals surface area contributed by atoms with Crippen molar-refractivity contribution in [3.05, 3.63) is 65.7 Å². The highest BCUT2D eigenvalue weighted by molar-refractivity contribution is 6.36. The number of allylic oxidation sites excluding steroid dienone is 1. The fourth-order valence-corrected chi connectivity index (χ4v) is 2.65. The first kappa shape index (κ1) is 9.66. The van der Waals surface area contributed by atoms with Gasteiger partial charge in [0.1, 0.15) is 0 Å². The molecule has 0 atom stereocenters. The summed E-state index contributed by atoms with van der Waals surface area (Å²) in [7, 11) is 0. The van der Waals surface area contributed by atoms with Gasteiger partial charge >= 0.3 is 0 Å². The second kappa shape index (κ2) is 3.57. The van der Waals surface area contributed by atoms with Gasteiger partial charge in [0.15, 0.2) is 0 Å². The van der Waals surface area contributed by atoms with Crippen LogP contribution < -0.4 is 5.32 Å². The number of fused-ring (bicyclic) bond motifs is 5. The maximum Gasteiger partial charge on any atom is 0.0747 e. The highest BCUT2D eigenvalue weighted by Crippen LogP contribution is 2.37. The third-order valence-corrected chi connectivity index (χ3v) is 3.47. The van der Waals surface area contributed by atoms with Crippen LogP contribution in [0.5, 0.6) is 0 Å². The summed E-state index contributed by atoms with van der Waals surface area (Å²) in [6.07, 6.45) is 2.21. The number of rotatable bonds is 0. The van der Waals surface area contributed by atoms with E-state index < -0.39 is 0 Å². The minimum Gasteiger partial charge on any atom is -0.354 e. The zero-order valence-electron chi connectivity index (χ0n) is 9.85. The molecule has 2 aliphatic rings. The van der Waals surface area contributed by atoms with Crippen LogP contribution in [0.2, 0.25) is 0 Å². The van der Waals surface area contributed by atoms with Crippen LogP contribution in [-0.2, 0) is 0 Å². The van der Waals surface area contributed by atoms with Crippen molar-refractivity contribution in [2.45, 2.75) is 0 Å². The van der Waals surface area contributed by atoms with Gasteiger partial charge in [-0.05, 0) is 12.1 Å². The van der Waals surface area contributed by atoms with Gasteiger partial charge in [0.25, 0.3) is 0 Å². The lowest BCUT2D eigenvalue weighted by atomic mass is 9.97. The van der Waals surface area contributed by atoms with E-state index in [9.17, 15) is 0 Å². The van der Waals surface area contributed by atoms with Crippen molar-refractivity contribution in [1.29, 1.82) is 0 Å². The molecule has 0 bridgehead atoms. The average molecular weight is 232 g/mol. The molecule has 4 rings (SSSR count). The van der Waals surface area contributed by atoms with Gasteiger partial charge in [-0.1, -0.05) is 42.5 Å². The van der Waals surface area contributed by atoms with Gasteiger partial charge in [-0.2, -0.15) is 0 Å². The second-order valence-corrected chi connectivity index (χ2v) is 4.52. The molecule has 0 saturated carbocycles. The lowest BCUT2D eigenvalue weighted by Crippen LogP contribution is -2.00. The van der Waals surface area contributed by atoms with E-state index in [1.54, 1.807) is 0 Å². The zero-order chi connectivity index (χ0) is 11.9. The van der Waals surface area contributed by atoms with Gasteiger partial charge in [0.05, 0.1) is 12.3 Å². The number of hydrogen-bond acceptors (Lipinski definition) is 2. The molecule has 18 heavy (non-hydrogen) atoms. The summed E-state index contributed by atoms with van der Waals surface area (Å²) in [5.41, 5.74) is 7.09. The summed E-state index contributed by atoms with van der Waals surface area (Å²) < 4.78 is 0. The molecule has 2 aliphatic heterocycles. The van der Waals surface area contributed by atoms with E-state index in [0.29, 0.717) is 0 Å². The number of para-hydroxylation sites is 2. The number of aliphatic imine (C=N–C) groups is 1. The normalized spacial score (nSPS) is 15.6. The molecule has 0 aliphatic carbocycles. The molecule has 2 aromatic carbocycles. The largest absolute Gasteiger partial charge is 0.354 e. The molecule has 0 aromatic heterocycles. The van der Waals surface area contributed by atoms with Gasteiger partial charge in [-0.25, -0.2) is 0 Å². The summed E-state index contributed by atoms with van der Waals surface area (Å²) in [6, 6.07) is 16.8. The summed E-state index contributed by atoms with van der Waals surface area (Å²) >= 11 is 0. The summed E-state index contributed by atoms with van der Waals surface area (Å²) in [4.78, 5) is 4.64. The average Bonchev–Trinajstić information content (AvgIpc) is 2.84. The minimum absolute atomic E-state index is 0.785. The molecule has 2 heterocycles. The standard InChI is InChI=1S/C16H12N2/c1-3-7-14-11(5-1)12-9-10-17-16(12)13-6-2-4-8-15(13)18-14/h1-9,18H,10H2. The molecule has 2 heteroatoms. The lowest BCUT2D eigenvalue weighted by Gasteiger charge is -2.08. The first-order valence-electron chi connectivity index (χ1n) is 6.14. The topological polar surface area (TPSA) is 24.4 Å². The minimum atomic E-state index is 0.785. The van der Waals surface area contributed by atoms with E-state index in [1.807, 2.05) is 0 Å². The lowest BCUT2D eigenvalue weighted by molar-refractivity contribution is 1.28. The van der Waals surface area contributed by atoms with Crippen molar-refractivity contribution >= 4 is 22.7 Å². The van der Waals surface area contributed by atoms with E-state index in [1.165, 1.54) is 16.7 Å². The molecule has 86 valence electrons. The molecule has 0 fully saturated rings. The molecule has 0 saturated heterocycles. The van der Waals surface area contributed by atoms with Crippen LogP contribution in [0.4, 0.5) is 11.4 Å². The van der Waals surface area contributed by atoms with E-state index in [0.717, 1.165) is 23.6 Å². The third kappa shape index (κ3) is 1.26. The van der Waals surface area contributed by atoms with Crippen molar-refractivity contribution < 1.29 is 0 Å².